The highest BCUT2D eigenvalue weighted by atomic mass is 16.5. The molecular weight excluding hydrogens is 231 g/mol. The molecule has 0 aliphatic heterocycles. The van der Waals surface area contributed by atoms with Gasteiger partial charge in [0, 0.05) is 12.1 Å². The first-order valence-corrected chi connectivity index (χ1v) is 6.15. The van der Waals surface area contributed by atoms with Crippen molar-refractivity contribution in [3.05, 3.63) is 23.8 Å². The van der Waals surface area contributed by atoms with Crippen LogP contribution in [0.2, 0.25) is 0 Å². The molecule has 0 aliphatic carbocycles. The molecule has 2 N–H and O–H groups in total. The summed E-state index contributed by atoms with van der Waals surface area (Å²) in [5, 5.41) is 18.5. The monoisotopic (exact) mass is 252 g/mol. The molecule has 0 aromatic heterocycles. The smallest absolute Gasteiger partial charge is 0.492 e. The molecule has 0 heterocycles. The quantitative estimate of drug-likeness (QED) is 0.560. The molecule has 0 bridgehead atoms. The molecule has 1 aromatic rings. The molecule has 0 unspecified atom stereocenters. The van der Waals surface area contributed by atoms with E-state index in [0.717, 1.165) is 12.0 Å². The lowest BCUT2D eigenvalue weighted by Gasteiger charge is -2.11. The second-order valence-electron chi connectivity index (χ2n) is 4.69. The van der Waals surface area contributed by atoms with Gasteiger partial charge in [0.25, 0.3) is 0 Å². The molecule has 0 saturated heterocycles. The second-order valence-corrected chi connectivity index (χ2v) is 4.69. The molecular formula is C13H21BO4. The van der Waals surface area contributed by atoms with Crippen LogP contribution < -0.4 is 10.2 Å². The van der Waals surface area contributed by atoms with Gasteiger partial charge in [0.15, 0.2) is 0 Å². The van der Waals surface area contributed by atoms with Crippen LogP contribution in [0.5, 0.6) is 5.75 Å². The van der Waals surface area contributed by atoms with E-state index in [1.165, 1.54) is 7.11 Å². The fourth-order valence-corrected chi connectivity index (χ4v) is 1.58. The van der Waals surface area contributed by atoms with Gasteiger partial charge in [-0.1, -0.05) is 26.0 Å². The molecule has 0 atom stereocenters. The van der Waals surface area contributed by atoms with Crippen molar-refractivity contribution in [3.8, 4) is 5.75 Å². The molecule has 0 radical (unpaired) electrons. The number of hydrogen-bond donors (Lipinski definition) is 2. The first kappa shape index (κ1) is 15.0. The van der Waals surface area contributed by atoms with E-state index >= 15 is 0 Å². The van der Waals surface area contributed by atoms with Crippen molar-refractivity contribution in [1.82, 2.24) is 0 Å². The van der Waals surface area contributed by atoms with Crippen molar-refractivity contribution in [3.63, 3.8) is 0 Å². The van der Waals surface area contributed by atoms with E-state index in [4.69, 9.17) is 9.47 Å². The Morgan fingerprint density at radius 3 is 2.56 bits per heavy atom. The van der Waals surface area contributed by atoms with Crippen LogP contribution in [0, 0.1) is 5.92 Å². The average molecular weight is 252 g/mol. The molecule has 0 spiro atoms. The molecule has 4 nitrogen and oxygen atoms in total. The summed E-state index contributed by atoms with van der Waals surface area (Å²) in [6.07, 6.45) is 1.02. The third-order valence-electron chi connectivity index (χ3n) is 2.68. The summed E-state index contributed by atoms with van der Waals surface area (Å²) in [6, 6.07) is 5.27. The van der Waals surface area contributed by atoms with Crippen LogP contribution in [0.4, 0.5) is 0 Å². The molecule has 5 heteroatoms. The summed E-state index contributed by atoms with van der Waals surface area (Å²) >= 11 is 0. The Hall–Kier alpha value is -1.04. The maximum atomic E-state index is 9.24. The summed E-state index contributed by atoms with van der Waals surface area (Å²) in [6.45, 7) is 5.48. The zero-order chi connectivity index (χ0) is 13.5. The highest BCUT2D eigenvalue weighted by molar-refractivity contribution is 6.59. The van der Waals surface area contributed by atoms with Gasteiger partial charge >= 0.3 is 7.12 Å². The Kier molecular flexibility index (Phi) is 6.19. The van der Waals surface area contributed by atoms with Crippen LogP contribution in [0.25, 0.3) is 0 Å². The third kappa shape index (κ3) is 4.68. The standard InChI is InChI=1S/C13H21BO4/c1-10(2)6-7-18-9-11-4-5-13(17-3)12(8-11)14(15)16/h4-5,8,10,15-16H,6-7,9H2,1-3H3. The van der Waals surface area contributed by atoms with E-state index in [0.29, 0.717) is 30.3 Å². The highest BCUT2D eigenvalue weighted by Gasteiger charge is 2.17. The summed E-state index contributed by atoms with van der Waals surface area (Å²) in [5.41, 5.74) is 1.27. The number of rotatable bonds is 7. The minimum Gasteiger partial charge on any atom is -0.497 e. The van der Waals surface area contributed by atoms with Gasteiger partial charge in [-0.15, -0.1) is 0 Å². The summed E-state index contributed by atoms with van der Waals surface area (Å²) in [7, 11) is -0.0319. The van der Waals surface area contributed by atoms with Crippen molar-refractivity contribution < 1.29 is 19.5 Å². The SMILES string of the molecule is COc1ccc(COCCC(C)C)cc1B(O)O. The van der Waals surface area contributed by atoms with Gasteiger partial charge in [-0.2, -0.15) is 0 Å². The predicted octanol–water partition coefficient (Wildman–Crippen LogP) is 0.938. The second kappa shape index (κ2) is 7.41. The maximum Gasteiger partial charge on any atom is 0.492 e. The lowest BCUT2D eigenvalue weighted by molar-refractivity contribution is 0.110. The van der Waals surface area contributed by atoms with Crippen molar-refractivity contribution in [1.29, 1.82) is 0 Å². The van der Waals surface area contributed by atoms with E-state index in [1.807, 2.05) is 6.07 Å². The Bertz CT molecular complexity index is 366. The molecule has 0 amide bonds. The Labute approximate surface area is 109 Å². The van der Waals surface area contributed by atoms with Gasteiger partial charge in [-0.25, -0.2) is 0 Å². The number of hydrogen-bond acceptors (Lipinski definition) is 4. The fraction of sp³-hybridized carbons (Fsp3) is 0.538. The number of benzene rings is 1. The summed E-state index contributed by atoms with van der Waals surface area (Å²) < 4.78 is 10.6. The van der Waals surface area contributed by atoms with Crippen LogP contribution in [-0.4, -0.2) is 30.9 Å². The number of ether oxygens (including phenoxy) is 2. The molecule has 18 heavy (non-hydrogen) atoms. The van der Waals surface area contributed by atoms with Crippen LogP contribution in [0.3, 0.4) is 0 Å². The van der Waals surface area contributed by atoms with Crippen LogP contribution in [0.1, 0.15) is 25.8 Å². The van der Waals surface area contributed by atoms with Gasteiger partial charge in [-0.05, 0) is 24.0 Å². The molecule has 1 aromatic carbocycles. The van der Waals surface area contributed by atoms with Gasteiger partial charge < -0.3 is 19.5 Å². The van der Waals surface area contributed by atoms with Crippen molar-refractivity contribution in [2.75, 3.05) is 13.7 Å². The van der Waals surface area contributed by atoms with Crippen LogP contribution in [0.15, 0.2) is 18.2 Å². The first-order chi connectivity index (χ1) is 8.54. The fourth-order valence-electron chi connectivity index (χ4n) is 1.58. The third-order valence-corrected chi connectivity index (χ3v) is 2.68. The van der Waals surface area contributed by atoms with Crippen LogP contribution >= 0.6 is 0 Å². The Morgan fingerprint density at radius 2 is 2.00 bits per heavy atom. The van der Waals surface area contributed by atoms with Gasteiger partial charge in [0.2, 0.25) is 0 Å². The minimum atomic E-state index is -1.53. The van der Waals surface area contributed by atoms with Gasteiger partial charge in [0.05, 0.1) is 13.7 Å². The molecule has 1 rings (SSSR count). The molecule has 0 saturated carbocycles. The Morgan fingerprint density at radius 1 is 1.28 bits per heavy atom. The molecule has 0 fully saturated rings. The van der Waals surface area contributed by atoms with E-state index < -0.39 is 7.12 Å². The van der Waals surface area contributed by atoms with Crippen molar-refractivity contribution >= 4 is 12.6 Å². The molecule has 100 valence electrons. The van der Waals surface area contributed by atoms with E-state index in [-0.39, 0.29) is 0 Å². The van der Waals surface area contributed by atoms with E-state index in [1.54, 1.807) is 12.1 Å². The van der Waals surface area contributed by atoms with Gasteiger partial charge in [0.1, 0.15) is 5.75 Å². The zero-order valence-corrected chi connectivity index (χ0v) is 11.2. The number of methoxy groups -OCH3 is 1. The lowest BCUT2D eigenvalue weighted by Crippen LogP contribution is -2.31. The van der Waals surface area contributed by atoms with Crippen molar-refractivity contribution in [2.24, 2.45) is 5.92 Å². The predicted molar refractivity (Wildman–Crippen MR) is 71.9 cm³/mol. The maximum absolute atomic E-state index is 9.24. The summed E-state index contributed by atoms with van der Waals surface area (Å²) in [5.74, 6) is 1.09. The first-order valence-electron chi connectivity index (χ1n) is 6.15. The molecule has 0 aliphatic rings. The largest absolute Gasteiger partial charge is 0.497 e. The topological polar surface area (TPSA) is 58.9 Å². The lowest BCUT2D eigenvalue weighted by atomic mass is 9.79. The zero-order valence-electron chi connectivity index (χ0n) is 11.2. The van der Waals surface area contributed by atoms with Gasteiger partial charge in [-0.3, -0.25) is 0 Å². The summed E-state index contributed by atoms with van der Waals surface area (Å²) in [4.78, 5) is 0. The van der Waals surface area contributed by atoms with Crippen LogP contribution in [-0.2, 0) is 11.3 Å². The minimum absolute atomic E-state index is 0.363. The van der Waals surface area contributed by atoms with E-state index in [2.05, 4.69) is 13.8 Å². The normalized spacial score (nSPS) is 10.8. The van der Waals surface area contributed by atoms with Crippen molar-refractivity contribution in [2.45, 2.75) is 26.9 Å². The average Bonchev–Trinajstić information content (AvgIpc) is 2.34. The van der Waals surface area contributed by atoms with E-state index in [9.17, 15) is 10.0 Å². The highest BCUT2D eigenvalue weighted by Crippen LogP contribution is 2.11. The Balaban J connectivity index is 2.59.